The Morgan fingerprint density at radius 3 is 2.97 bits per heavy atom. The van der Waals surface area contributed by atoms with E-state index in [0.717, 1.165) is 51.8 Å². The van der Waals surface area contributed by atoms with Gasteiger partial charge in [-0.05, 0) is 61.6 Å². The summed E-state index contributed by atoms with van der Waals surface area (Å²) in [5.74, 6) is 0.524. The molecule has 1 fully saturated rings. The molecule has 0 amide bonds. The van der Waals surface area contributed by atoms with E-state index in [-0.39, 0.29) is 5.92 Å². The molecule has 0 bridgehead atoms. The van der Waals surface area contributed by atoms with Crippen LogP contribution in [0, 0.1) is 11.8 Å². The maximum atomic E-state index is 12.0. The van der Waals surface area contributed by atoms with E-state index >= 15 is 0 Å². The topological polar surface area (TPSA) is 95.8 Å². The number of carbonyl (C=O) groups is 1. The van der Waals surface area contributed by atoms with Crippen molar-refractivity contribution in [2.45, 2.75) is 29.7 Å². The molecule has 3 heterocycles. The van der Waals surface area contributed by atoms with Crippen LogP contribution in [0.4, 0.5) is 0 Å². The van der Waals surface area contributed by atoms with Gasteiger partial charge in [-0.1, -0.05) is 11.8 Å². The van der Waals surface area contributed by atoms with Gasteiger partial charge in [0.15, 0.2) is 0 Å². The van der Waals surface area contributed by atoms with Gasteiger partial charge >= 0.3 is 5.97 Å². The summed E-state index contributed by atoms with van der Waals surface area (Å²) in [4.78, 5) is 22.9. The molecular formula is C24H29N3O4S2. The minimum absolute atomic E-state index is 0.0580. The molecule has 2 aromatic heterocycles. The third-order valence-corrected chi connectivity index (χ3v) is 8.30. The number of methoxy groups -OCH3 is 1. The number of pyridine rings is 1. The molecule has 1 aliphatic heterocycles. The van der Waals surface area contributed by atoms with E-state index in [1.807, 2.05) is 29.6 Å². The van der Waals surface area contributed by atoms with Crippen molar-refractivity contribution in [2.24, 2.45) is 11.8 Å². The van der Waals surface area contributed by atoms with Crippen LogP contribution in [0.1, 0.15) is 30.9 Å². The SMILES string of the molecule is COc1ccc2nccc(C(O)CCC3CCN(CCSc4nccs4)CC3C(=O)O)c2c1. The first-order chi connectivity index (χ1) is 16.0. The predicted molar refractivity (Wildman–Crippen MR) is 131 cm³/mol. The first kappa shape index (κ1) is 23.9. The summed E-state index contributed by atoms with van der Waals surface area (Å²) in [5.41, 5.74) is 1.61. The number of thiazole rings is 1. The van der Waals surface area contributed by atoms with Gasteiger partial charge in [0, 0.05) is 42.0 Å². The van der Waals surface area contributed by atoms with Gasteiger partial charge in [-0.15, -0.1) is 11.3 Å². The van der Waals surface area contributed by atoms with Gasteiger partial charge in [0.2, 0.25) is 0 Å². The van der Waals surface area contributed by atoms with E-state index in [4.69, 9.17) is 4.74 Å². The molecule has 0 spiro atoms. The Bertz CT molecular complexity index is 1060. The van der Waals surface area contributed by atoms with Crippen LogP contribution in [-0.2, 0) is 4.79 Å². The number of fused-ring (bicyclic) bond motifs is 1. The number of ether oxygens (including phenoxy) is 1. The van der Waals surface area contributed by atoms with Crippen molar-refractivity contribution in [3.63, 3.8) is 0 Å². The lowest BCUT2D eigenvalue weighted by Gasteiger charge is -2.36. The van der Waals surface area contributed by atoms with Gasteiger partial charge in [0.25, 0.3) is 0 Å². The largest absolute Gasteiger partial charge is 0.497 e. The van der Waals surface area contributed by atoms with E-state index < -0.39 is 18.0 Å². The van der Waals surface area contributed by atoms with Gasteiger partial charge < -0.3 is 19.8 Å². The average molecular weight is 488 g/mol. The quantitative estimate of drug-likeness (QED) is 0.408. The van der Waals surface area contributed by atoms with Crippen LogP contribution in [0.2, 0.25) is 0 Å². The summed E-state index contributed by atoms with van der Waals surface area (Å²) in [6.45, 7) is 2.30. The molecule has 1 aromatic carbocycles. The fourth-order valence-corrected chi connectivity index (χ4v) is 6.24. The summed E-state index contributed by atoms with van der Waals surface area (Å²) in [6.07, 6.45) is 4.85. The fourth-order valence-electron chi connectivity index (χ4n) is 4.53. The van der Waals surface area contributed by atoms with Crippen molar-refractivity contribution >= 4 is 40.0 Å². The Hall–Kier alpha value is -2.20. The lowest BCUT2D eigenvalue weighted by Crippen LogP contribution is -2.44. The third kappa shape index (κ3) is 6.03. The highest BCUT2D eigenvalue weighted by Crippen LogP contribution is 2.34. The van der Waals surface area contributed by atoms with Crippen molar-refractivity contribution in [3.05, 3.63) is 47.6 Å². The van der Waals surface area contributed by atoms with E-state index in [1.54, 1.807) is 42.6 Å². The molecule has 176 valence electrons. The molecule has 9 heteroatoms. The Morgan fingerprint density at radius 1 is 1.33 bits per heavy atom. The molecule has 0 radical (unpaired) electrons. The number of nitrogens with zero attached hydrogens (tertiary/aromatic N) is 3. The average Bonchev–Trinajstić information content (AvgIpc) is 3.35. The second-order valence-electron chi connectivity index (χ2n) is 8.32. The maximum Gasteiger partial charge on any atom is 0.308 e. The second-order valence-corrected chi connectivity index (χ2v) is 10.6. The van der Waals surface area contributed by atoms with Gasteiger partial charge in [-0.25, -0.2) is 4.98 Å². The molecule has 3 aromatic rings. The van der Waals surface area contributed by atoms with E-state index in [0.29, 0.717) is 19.4 Å². The van der Waals surface area contributed by atoms with E-state index in [2.05, 4.69) is 14.9 Å². The smallest absolute Gasteiger partial charge is 0.308 e. The van der Waals surface area contributed by atoms with Crippen LogP contribution in [0.15, 0.2) is 46.4 Å². The number of likely N-dealkylation sites (tertiary alicyclic amines) is 1. The maximum absolute atomic E-state index is 12.0. The summed E-state index contributed by atoms with van der Waals surface area (Å²) in [5, 5.41) is 23.7. The summed E-state index contributed by atoms with van der Waals surface area (Å²) < 4.78 is 6.38. The third-order valence-electron chi connectivity index (χ3n) is 6.35. The molecule has 2 N–H and O–H groups in total. The summed E-state index contributed by atoms with van der Waals surface area (Å²) >= 11 is 3.35. The molecule has 1 aliphatic rings. The van der Waals surface area contributed by atoms with Gasteiger partial charge in [-0.2, -0.15) is 0 Å². The zero-order chi connectivity index (χ0) is 23.2. The number of benzene rings is 1. The minimum Gasteiger partial charge on any atom is -0.497 e. The second kappa shape index (κ2) is 11.3. The Balaban J connectivity index is 1.34. The summed E-state index contributed by atoms with van der Waals surface area (Å²) in [7, 11) is 1.61. The van der Waals surface area contributed by atoms with Crippen molar-refractivity contribution in [1.82, 2.24) is 14.9 Å². The Labute approximate surface area is 201 Å². The number of hydrogen-bond donors (Lipinski definition) is 2. The zero-order valence-corrected chi connectivity index (χ0v) is 20.2. The molecule has 1 saturated heterocycles. The van der Waals surface area contributed by atoms with Crippen LogP contribution >= 0.6 is 23.1 Å². The number of aliphatic hydroxyl groups excluding tert-OH is 1. The molecule has 3 unspecified atom stereocenters. The lowest BCUT2D eigenvalue weighted by molar-refractivity contribution is -0.146. The molecule has 33 heavy (non-hydrogen) atoms. The first-order valence-corrected chi connectivity index (χ1v) is 13.0. The molecular weight excluding hydrogens is 458 g/mol. The van der Waals surface area contributed by atoms with Gasteiger partial charge in [-0.3, -0.25) is 9.78 Å². The van der Waals surface area contributed by atoms with Crippen LogP contribution in [0.5, 0.6) is 5.75 Å². The number of carboxylic acids is 1. The van der Waals surface area contributed by atoms with Crippen LogP contribution in [0.3, 0.4) is 0 Å². The van der Waals surface area contributed by atoms with Crippen LogP contribution < -0.4 is 4.74 Å². The highest BCUT2D eigenvalue weighted by atomic mass is 32.2. The standard InChI is InChI=1S/C24H29N3O4S2/c1-31-17-3-4-21-19(14-17)18(6-8-25-21)22(28)5-2-16-7-10-27(15-20(16)23(29)30)11-13-33-24-26-9-12-32-24/h3-4,6,8-9,12,14,16,20,22,28H,2,5,7,10-11,13,15H2,1H3,(H,29,30). The summed E-state index contributed by atoms with van der Waals surface area (Å²) in [6, 6.07) is 7.46. The number of rotatable bonds is 10. The number of aliphatic hydroxyl groups is 1. The van der Waals surface area contributed by atoms with Gasteiger partial charge in [0.1, 0.15) is 10.1 Å². The Kier molecular flexibility index (Phi) is 8.19. The normalized spacial score (nSPS) is 20.1. The number of carboxylic acid groups (broad SMARTS) is 1. The number of hydrogen-bond acceptors (Lipinski definition) is 8. The molecule has 3 atom stereocenters. The van der Waals surface area contributed by atoms with Crippen LogP contribution in [0.25, 0.3) is 10.9 Å². The highest BCUT2D eigenvalue weighted by Gasteiger charge is 2.34. The number of aliphatic carboxylic acids is 1. The zero-order valence-electron chi connectivity index (χ0n) is 18.6. The van der Waals surface area contributed by atoms with E-state index in [9.17, 15) is 15.0 Å². The minimum atomic E-state index is -0.745. The van der Waals surface area contributed by atoms with Gasteiger partial charge in [0.05, 0.1) is 24.6 Å². The van der Waals surface area contributed by atoms with Crippen molar-refractivity contribution in [3.8, 4) is 5.75 Å². The number of piperidine rings is 1. The number of aromatic nitrogens is 2. The van der Waals surface area contributed by atoms with Crippen LogP contribution in [-0.4, -0.2) is 63.5 Å². The molecule has 0 aliphatic carbocycles. The monoisotopic (exact) mass is 487 g/mol. The van der Waals surface area contributed by atoms with Crippen molar-refractivity contribution in [2.75, 3.05) is 32.5 Å². The highest BCUT2D eigenvalue weighted by molar-refractivity contribution is 8.01. The molecule has 4 rings (SSSR count). The van der Waals surface area contributed by atoms with E-state index in [1.165, 1.54) is 0 Å². The fraction of sp³-hybridized carbons (Fsp3) is 0.458. The predicted octanol–water partition coefficient (Wildman–Crippen LogP) is 4.33. The Morgan fingerprint density at radius 2 is 2.21 bits per heavy atom. The molecule has 7 nitrogen and oxygen atoms in total. The molecule has 0 saturated carbocycles. The van der Waals surface area contributed by atoms with Crippen molar-refractivity contribution < 1.29 is 19.7 Å². The first-order valence-electron chi connectivity index (χ1n) is 11.1. The number of thioether (sulfide) groups is 1. The van der Waals surface area contributed by atoms with Crippen molar-refractivity contribution in [1.29, 1.82) is 0 Å². The lowest BCUT2D eigenvalue weighted by atomic mass is 9.81.